The Bertz CT molecular complexity index is 1180. The standard InChI is InChI=1S/C23H26N2O8/c1-8-9-6-5-7-10(26)12(9)17(27)13-11(8)18(28)15-16(25(2,3)4)19(29)14(22(24)32)21(31)23(15,33)20(13)30/h5-8,11,15-16,18,28,33H,1-4H3,(H4-,24,26,27,29,30,31,32)/p+1/t8-,11?,15?,16?,18-,23-/m0/s1. The molecule has 0 saturated carbocycles. The van der Waals surface area contributed by atoms with E-state index in [4.69, 9.17) is 5.73 Å². The molecule has 0 bridgehead atoms. The summed E-state index contributed by atoms with van der Waals surface area (Å²) in [6, 6.07) is 3.24. The van der Waals surface area contributed by atoms with Gasteiger partial charge in [-0.3, -0.25) is 14.4 Å². The number of Topliss-reactive ketones (excluding diaryl/α,β-unsaturated/α-hetero) is 2. The molecule has 10 heteroatoms. The number of primary amides is 1. The van der Waals surface area contributed by atoms with Crippen LogP contribution in [0.4, 0.5) is 0 Å². The molecular formula is C23H27N2O8+. The Morgan fingerprint density at radius 1 is 1.12 bits per heavy atom. The van der Waals surface area contributed by atoms with Crippen molar-refractivity contribution in [3.63, 3.8) is 0 Å². The molecule has 3 unspecified atom stereocenters. The second-order valence-electron chi connectivity index (χ2n) is 9.94. The van der Waals surface area contributed by atoms with E-state index in [0.29, 0.717) is 5.56 Å². The minimum atomic E-state index is -2.89. The van der Waals surface area contributed by atoms with Crippen LogP contribution < -0.4 is 5.73 Å². The summed E-state index contributed by atoms with van der Waals surface area (Å²) in [6.45, 7) is 1.69. The smallest absolute Gasteiger partial charge is 0.256 e. The molecule has 1 amide bonds. The van der Waals surface area contributed by atoms with Crippen molar-refractivity contribution in [1.29, 1.82) is 0 Å². The molecule has 3 aliphatic carbocycles. The third-order valence-electron chi connectivity index (χ3n) is 7.27. The number of rotatable bonds is 2. The van der Waals surface area contributed by atoms with Gasteiger partial charge in [-0.25, -0.2) is 0 Å². The minimum absolute atomic E-state index is 0.100. The third kappa shape index (κ3) is 2.74. The number of aliphatic hydroxyl groups is 4. The van der Waals surface area contributed by atoms with Crippen molar-refractivity contribution >= 4 is 17.5 Å². The average molecular weight is 459 g/mol. The van der Waals surface area contributed by atoms with Gasteiger partial charge in [0.05, 0.1) is 38.7 Å². The van der Waals surface area contributed by atoms with Crippen LogP contribution in [0, 0.1) is 11.8 Å². The maximum atomic E-state index is 13.4. The first-order chi connectivity index (χ1) is 15.2. The molecule has 0 heterocycles. The number of carbonyl (C=O) groups is 3. The zero-order valence-electron chi connectivity index (χ0n) is 18.6. The number of nitrogens with two attached hydrogens (primary N) is 1. The Balaban J connectivity index is 2.08. The highest BCUT2D eigenvalue weighted by Gasteiger charge is 2.69. The van der Waals surface area contributed by atoms with Crippen molar-refractivity contribution in [2.45, 2.75) is 30.6 Å². The number of nitrogens with zero attached hydrogens (tertiary/aromatic N) is 1. The van der Waals surface area contributed by atoms with Crippen LogP contribution >= 0.6 is 0 Å². The van der Waals surface area contributed by atoms with Crippen molar-refractivity contribution < 1.29 is 44.4 Å². The number of ketones is 2. The Kier molecular flexibility index (Phi) is 4.80. The number of phenols is 1. The first kappa shape index (κ1) is 23.0. The van der Waals surface area contributed by atoms with Crippen LogP contribution in [-0.2, 0) is 9.59 Å². The molecule has 10 nitrogen and oxygen atoms in total. The number of benzene rings is 1. The second kappa shape index (κ2) is 6.89. The zero-order chi connectivity index (χ0) is 24.8. The van der Waals surface area contributed by atoms with Crippen LogP contribution in [0.3, 0.4) is 0 Å². The van der Waals surface area contributed by atoms with Crippen molar-refractivity contribution in [1.82, 2.24) is 0 Å². The Hall–Kier alpha value is -3.21. The Labute approximate surface area is 189 Å². The fourth-order valence-electron chi connectivity index (χ4n) is 5.87. The Morgan fingerprint density at radius 2 is 1.73 bits per heavy atom. The molecule has 6 atom stereocenters. The van der Waals surface area contributed by atoms with E-state index in [-0.39, 0.29) is 15.8 Å². The molecule has 7 N–H and O–H groups in total. The zero-order valence-corrected chi connectivity index (χ0v) is 18.6. The molecule has 0 aromatic heterocycles. The number of quaternary nitrogens is 1. The normalized spacial score (nSPS) is 34.1. The number of fused-ring (bicyclic) bond motifs is 3. The Morgan fingerprint density at radius 3 is 2.27 bits per heavy atom. The van der Waals surface area contributed by atoms with Crippen molar-refractivity contribution in [3.8, 4) is 5.75 Å². The first-order valence-electron chi connectivity index (χ1n) is 10.5. The number of phenolic OH excluding ortho intramolecular Hbond substituents is 1. The van der Waals surface area contributed by atoms with Gasteiger partial charge in [0, 0.05) is 11.5 Å². The van der Waals surface area contributed by atoms with Crippen LogP contribution in [0.25, 0.3) is 0 Å². The predicted octanol–water partition coefficient (Wildman–Crippen LogP) is -0.203. The van der Waals surface area contributed by atoms with Crippen LogP contribution in [-0.4, -0.2) is 86.4 Å². The molecule has 1 aromatic rings. The first-order valence-corrected chi connectivity index (χ1v) is 10.5. The summed E-state index contributed by atoms with van der Waals surface area (Å²) in [5.41, 5.74) is 1.45. The lowest BCUT2D eigenvalue weighted by Gasteiger charge is -2.54. The van der Waals surface area contributed by atoms with Crippen molar-refractivity contribution in [2.24, 2.45) is 17.6 Å². The number of carbonyl (C=O) groups excluding carboxylic acids is 3. The summed E-state index contributed by atoms with van der Waals surface area (Å²) in [6.07, 6.45) is -1.58. The molecule has 0 spiro atoms. The van der Waals surface area contributed by atoms with Gasteiger partial charge in [0.15, 0.2) is 23.2 Å². The molecule has 33 heavy (non-hydrogen) atoms. The number of aromatic hydroxyl groups is 1. The summed E-state index contributed by atoms with van der Waals surface area (Å²) in [4.78, 5) is 38.7. The van der Waals surface area contributed by atoms with Crippen LogP contribution in [0.2, 0.25) is 0 Å². The number of aliphatic hydroxyl groups excluding tert-OH is 3. The summed E-state index contributed by atoms with van der Waals surface area (Å²) in [5, 5.41) is 55.6. The fraction of sp³-hybridized carbons (Fsp3) is 0.435. The molecule has 0 radical (unpaired) electrons. The van der Waals surface area contributed by atoms with Crippen molar-refractivity contribution in [2.75, 3.05) is 21.1 Å². The van der Waals surface area contributed by atoms with E-state index < -0.39 is 75.6 Å². The predicted molar refractivity (Wildman–Crippen MR) is 114 cm³/mol. The van der Waals surface area contributed by atoms with Gasteiger partial charge in [-0.15, -0.1) is 0 Å². The molecule has 1 aromatic carbocycles. The van der Waals surface area contributed by atoms with Gasteiger partial charge >= 0.3 is 0 Å². The van der Waals surface area contributed by atoms with Gasteiger partial charge in [0.2, 0.25) is 5.78 Å². The molecule has 0 aliphatic heterocycles. The number of hydrogen-bond donors (Lipinski definition) is 6. The molecule has 4 rings (SSSR count). The lowest BCUT2D eigenvalue weighted by atomic mass is 9.55. The summed E-state index contributed by atoms with van der Waals surface area (Å²) in [5.74, 6) is -8.77. The van der Waals surface area contributed by atoms with Crippen molar-refractivity contribution in [3.05, 3.63) is 52.0 Å². The lowest BCUT2D eigenvalue weighted by molar-refractivity contribution is -0.897. The van der Waals surface area contributed by atoms with E-state index in [0.717, 1.165) is 0 Å². The number of hydrogen-bond acceptors (Lipinski definition) is 8. The quantitative estimate of drug-likeness (QED) is 0.260. The van der Waals surface area contributed by atoms with E-state index in [2.05, 4.69) is 0 Å². The summed E-state index contributed by atoms with van der Waals surface area (Å²) in [7, 11) is 4.84. The molecule has 0 saturated heterocycles. The minimum Gasteiger partial charge on any atom is -0.508 e. The molecule has 3 aliphatic rings. The van der Waals surface area contributed by atoms with Gasteiger partial charge in [-0.1, -0.05) is 19.1 Å². The van der Waals surface area contributed by atoms with Gasteiger partial charge in [0.1, 0.15) is 17.1 Å². The van der Waals surface area contributed by atoms with E-state index in [1.54, 1.807) is 40.2 Å². The summed E-state index contributed by atoms with van der Waals surface area (Å²) < 4.78 is -0.144. The summed E-state index contributed by atoms with van der Waals surface area (Å²) >= 11 is 0. The van der Waals surface area contributed by atoms with E-state index in [1.807, 2.05) is 0 Å². The van der Waals surface area contributed by atoms with Crippen LogP contribution in [0.15, 0.2) is 40.9 Å². The topological polar surface area (TPSA) is 178 Å². The maximum Gasteiger partial charge on any atom is 0.256 e. The maximum absolute atomic E-state index is 13.4. The van der Waals surface area contributed by atoms with E-state index >= 15 is 0 Å². The van der Waals surface area contributed by atoms with Crippen LogP contribution in [0.5, 0.6) is 5.75 Å². The fourth-order valence-corrected chi connectivity index (χ4v) is 5.87. The average Bonchev–Trinajstić information content (AvgIpc) is 2.69. The SMILES string of the molecule is C[C@H]1c2cccc(O)c2C(=O)C2=C(O)[C@]3(O)C(=O)C(C(N)=O)=C(O)C([N+](C)(C)C)C3[C@@H](O)C21. The molecule has 0 fully saturated rings. The van der Waals surface area contributed by atoms with E-state index in [1.165, 1.54) is 6.07 Å². The number of amides is 1. The lowest BCUT2D eigenvalue weighted by Crippen LogP contribution is -2.71. The third-order valence-corrected chi connectivity index (χ3v) is 7.27. The van der Waals surface area contributed by atoms with Gasteiger partial charge < -0.3 is 35.7 Å². The van der Waals surface area contributed by atoms with Crippen LogP contribution in [0.1, 0.15) is 28.8 Å². The van der Waals surface area contributed by atoms with Gasteiger partial charge in [-0.2, -0.15) is 0 Å². The number of likely N-dealkylation sites (N-methyl/N-ethyl adjacent to an activating group) is 1. The highest BCUT2D eigenvalue weighted by atomic mass is 16.4. The highest BCUT2D eigenvalue weighted by molar-refractivity contribution is 6.24. The van der Waals surface area contributed by atoms with Gasteiger partial charge in [-0.05, 0) is 17.5 Å². The highest BCUT2D eigenvalue weighted by Crippen LogP contribution is 2.55. The van der Waals surface area contributed by atoms with Gasteiger partial charge in [0.25, 0.3) is 5.91 Å². The molecular weight excluding hydrogens is 432 g/mol. The molecule has 176 valence electrons. The van der Waals surface area contributed by atoms with E-state index in [9.17, 15) is 39.9 Å². The second-order valence-corrected chi connectivity index (χ2v) is 9.94. The monoisotopic (exact) mass is 459 g/mol. The largest absolute Gasteiger partial charge is 0.508 e.